The Labute approximate surface area is 128 Å². The van der Waals surface area contributed by atoms with E-state index in [1.165, 1.54) is 38.5 Å². The molecule has 2 saturated heterocycles. The molecule has 0 spiro atoms. The van der Waals surface area contributed by atoms with Crippen molar-refractivity contribution in [3.05, 3.63) is 0 Å². The van der Waals surface area contributed by atoms with Crippen molar-refractivity contribution in [3.8, 4) is 0 Å². The van der Waals surface area contributed by atoms with E-state index in [1.54, 1.807) is 0 Å². The van der Waals surface area contributed by atoms with Crippen LogP contribution in [0.5, 0.6) is 0 Å². The Bertz CT molecular complexity index is 399. The summed E-state index contributed by atoms with van der Waals surface area (Å²) in [6, 6.07) is 0.881. The van der Waals surface area contributed by atoms with Crippen LogP contribution in [0.15, 0.2) is 0 Å². The van der Waals surface area contributed by atoms with Gasteiger partial charge in [-0.2, -0.15) is 0 Å². The Morgan fingerprint density at radius 2 is 1.33 bits per heavy atom. The number of morpholine rings is 1. The maximum absolute atomic E-state index is 11.8. The zero-order valence-electron chi connectivity index (χ0n) is 13.3. The molecule has 0 aromatic carbocycles. The molecule has 2 unspecified atom stereocenters. The Morgan fingerprint density at radius 3 is 1.81 bits per heavy atom. The molecule has 3 heteroatoms. The van der Waals surface area contributed by atoms with Gasteiger partial charge in [0.15, 0.2) is 0 Å². The lowest BCUT2D eigenvalue weighted by molar-refractivity contribution is -0.228. The first-order chi connectivity index (χ1) is 10.1. The molecule has 118 valence electrons. The van der Waals surface area contributed by atoms with Crippen molar-refractivity contribution < 1.29 is 9.84 Å². The lowest BCUT2D eigenvalue weighted by atomic mass is 9.43. The van der Waals surface area contributed by atoms with E-state index in [4.69, 9.17) is 4.74 Å². The van der Waals surface area contributed by atoms with Gasteiger partial charge in [-0.15, -0.1) is 0 Å². The minimum Gasteiger partial charge on any atom is -0.389 e. The van der Waals surface area contributed by atoms with E-state index in [0.29, 0.717) is 12.1 Å². The number of hydrogen-bond acceptors (Lipinski definition) is 3. The van der Waals surface area contributed by atoms with Crippen LogP contribution in [0.4, 0.5) is 0 Å². The zero-order chi connectivity index (χ0) is 14.2. The number of hydrogen-bond donors (Lipinski definition) is 1. The highest BCUT2D eigenvalue weighted by Crippen LogP contribution is 2.66. The van der Waals surface area contributed by atoms with Gasteiger partial charge in [-0.05, 0) is 76.2 Å². The Morgan fingerprint density at radius 1 is 0.857 bits per heavy atom. The first-order valence-corrected chi connectivity index (χ1v) is 9.09. The molecule has 6 aliphatic rings. The highest BCUT2D eigenvalue weighted by atomic mass is 16.5. The zero-order valence-corrected chi connectivity index (χ0v) is 13.3. The van der Waals surface area contributed by atoms with Crippen LogP contribution in [-0.4, -0.2) is 48.0 Å². The maximum Gasteiger partial charge on any atom is 0.0735 e. The van der Waals surface area contributed by atoms with Gasteiger partial charge in [-0.1, -0.05) is 0 Å². The van der Waals surface area contributed by atoms with E-state index < -0.39 is 5.60 Å². The largest absolute Gasteiger partial charge is 0.389 e. The first-order valence-electron chi connectivity index (χ1n) is 9.09. The van der Waals surface area contributed by atoms with Crippen LogP contribution in [0, 0.1) is 23.2 Å². The summed E-state index contributed by atoms with van der Waals surface area (Å²) in [5.74, 6) is 2.78. The van der Waals surface area contributed by atoms with E-state index >= 15 is 0 Å². The number of ether oxygens (including phenoxy) is 1. The minimum absolute atomic E-state index is 0.261. The second kappa shape index (κ2) is 4.24. The molecule has 4 saturated carbocycles. The molecule has 1 N–H and O–H groups in total. The van der Waals surface area contributed by atoms with Crippen molar-refractivity contribution in [2.75, 3.05) is 20.3 Å². The van der Waals surface area contributed by atoms with Gasteiger partial charge < -0.3 is 9.84 Å². The maximum atomic E-state index is 11.8. The fourth-order valence-corrected chi connectivity index (χ4v) is 7.26. The molecule has 6 bridgehead atoms. The average Bonchev–Trinajstić information content (AvgIpc) is 2.39. The number of rotatable bonds is 1. The van der Waals surface area contributed by atoms with Gasteiger partial charge in [0, 0.05) is 17.5 Å². The highest BCUT2D eigenvalue weighted by Gasteiger charge is 2.62. The summed E-state index contributed by atoms with van der Waals surface area (Å²) in [5, 5.41) is 11.8. The molecule has 6 rings (SSSR count). The standard InChI is InChI=1S/C18H29NO2/c1-19-15-8-18(20,9-16(19)11-21-10-15)17-5-12-2-13(6-17)4-14(3-12)7-17/h12-16,20H,2-11H2,1H3. The van der Waals surface area contributed by atoms with Crippen LogP contribution in [0.25, 0.3) is 0 Å². The van der Waals surface area contributed by atoms with E-state index in [9.17, 15) is 5.11 Å². The van der Waals surface area contributed by atoms with Gasteiger partial charge in [0.25, 0.3) is 0 Å². The molecule has 6 fully saturated rings. The number of aliphatic hydroxyl groups is 1. The fraction of sp³-hybridized carbons (Fsp3) is 1.00. The van der Waals surface area contributed by atoms with E-state index in [2.05, 4.69) is 11.9 Å². The van der Waals surface area contributed by atoms with Crippen molar-refractivity contribution in [1.82, 2.24) is 4.90 Å². The van der Waals surface area contributed by atoms with Crippen molar-refractivity contribution in [1.29, 1.82) is 0 Å². The van der Waals surface area contributed by atoms with Crippen molar-refractivity contribution >= 4 is 0 Å². The second-order valence-electron chi connectivity index (χ2n) is 9.15. The average molecular weight is 291 g/mol. The lowest BCUT2D eigenvalue weighted by Gasteiger charge is -2.65. The summed E-state index contributed by atoms with van der Waals surface area (Å²) in [6.07, 6.45) is 10.2. The molecular weight excluding hydrogens is 262 g/mol. The van der Waals surface area contributed by atoms with Crippen LogP contribution in [-0.2, 0) is 4.74 Å². The smallest absolute Gasteiger partial charge is 0.0735 e. The molecule has 2 heterocycles. The fourth-order valence-electron chi connectivity index (χ4n) is 7.26. The van der Waals surface area contributed by atoms with Gasteiger partial charge >= 0.3 is 0 Å². The van der Waals surface area contributed by atoms with Crippen molar-refractivity contribution in [2.45, 2.75) is 69.1 Å². The van der Waals surface area contributed by atoms with Gasteiger partial charge in [0.2, 0.25) is 0 Å². The Balaban J connectivity index is 1.49. The van der Waals surface area contributed by atoms with Crippen LogP contribution in [0.1, 0.15) is 51.4 Å². The minimum atomic E-state index is -0.408. The molecular formula is C18H29NO2. The number of piperidine rings is 1. The molecule has 0 aromatic heterocycles. The molecule has 21 heavy (non-hydrogen) atoms. The SMILES string of the molecule is CN1C2COCC1CC(O)(C13CC4CC(CC(C4)C1)C3)C2. The third-order valence-corrected chi connectivity index (χ3v) is 7.94. The quantitative estimate of drug-likeness (QED) is 0.805. The van der Waals surface area contributed by atoms with Crippen LogP contribution >= 0.6 is 0 Å². The van der Waals surface area contributed by atoms with Crippen LogP contribution < -0.4 is 0 Å². The monoisotopic (exact) mass is 291 g/mol. The molecule has 2 aliphatic heterocycles. The first kappa shape index (κ1) is 13.3. The molecule has 0 radical (unpaired) electrons. The third kappa shape index (κ3) is 1.77. The summed E-state index contributed by atoms with van der Waals surface area (Å²) in [5.41, 5.74) is -0.147. The predicted molar refractivity (Wildman–Crippen MR) is 80.9 cm³/mol. The van der Waals surface area contributed by atoms with Crippen LogP contribution in [0.2, 0.25) is 0 Å². The highest BCUT2D eigenvalue weighted by molar-refractivity contribution is 5.14. The van der Waals surface area contributed by atoms with E-state index in [0.717, 1.165) is 43.8 Å². The Kier molecular flexibility index (Phi) is 2.69. The third-order valence-electron chi connectivity index (χ3n) is 7.94. The number of fused-ring (bicyclic) bond motifs is 2. The van der Waals surface area contributed by atoms with E-state index in [1.807, 2.05) is 0 Å². The molecule has 2 atom stereocenters. The van der Waals surface area contributed by atoms with Crippen molar-refractivity contribution in [3.63, 3.8) is 0 Å². The summed E-state index contributed by atoms with van der Waals surface area (Å²) in [7, 11) is 2.23. The molecule has 4 aliphatic carbocycles. The Hall–Kier alpha value is -0.120. The molecule has 3 nitrogen and oxygen atoms in total. The normalized spacial score (nSPS) is 59.4. The molecule has 0 amide bonds. The predicted octanol–water partition coefficient (Wildman–Crippen LogP) is 2.43. The van der Waals surface area contributed by atoms with Gasteiger partial charge in [0.1, 0.15) is 0 Å². The van der Waals surface area contributed by atoms with E-state index in [-0.39, 0.29) is 5.41 Å². The van der Waals surface area contributed by atoms with Gasteiger partial charge in [-0.25, -0.2) is 0 Å². The summed E-state index contributed by atoms with van der Waals surface area (Å²) in [4.78, 5) is 2.48. The summed E-state index contributed by atoms with van der Waals surface area (Å²) < 4.78 is 5.77. The summed E-state index contributed by atoms with van der Waals surface area (Å²) in [6.45, 7) is 1.64. The topological polar surface area (TPSA) is 32.7 Å². The molecule has 0 aromatic rings. The van der Waals surface area contributed by atoms with Gasteiger partial charge in [0.05, 0.1) is 18.8 Å². The summed E-state index contributed by atoms with van der Waals surface area (Å²) >= 11 is 0. The number of likely N-dealkylation sites (N-methyl/N-ethyl adjacent to an activating group) is 1. The van der Waals surface area contributed by atoms with Gasteiger partial charge in [-0.3, -0.25) is 4.90 Å². The van der Waals surface area contributed by atoms with Crippen molar-refractivity contribution in [2.24, 2.45) is 23.2 Å². The lowest BCUT2D eigenvalue weighted by Crippen LogP contribution is -2.67. The number of nitrogens with zero attached hydrogens (tertiary/aromatic N) is 1. The van der Waals surface area contributed by atoms with Crippen LogP contribution in [0.3, 0.4) is 0 Å². The second-order valence-corrected chi connectivity index (χ2v) is 9.15.